The van der Waals surface area contributed by atoms with Crippen LogP contribution in [-0.2, 0) is 0 Å². The fourth-order valence-electron chi connectivity index (χ4n) is 1.37. The Bertz CT molecular complexity index is 407. The summed E-state index contributed by atoms with van der Waals surface area (Å²) in [4.78, 5) is 14.9. The second-order valence-electron chi connectivity index (χ2n) is 3.62. The number of carbonyl (C=O) groups is 1. The van der Waals surface area contributed by atoms with E-state index in [0.717, 1.165) is 13.0 Å². The third kappa shape index (κ3) is 2.43. The molecule has 0 bridgehead atoms. The normalized spacial score (nSPS) is 18.9. The molecule has 0 aliphatic carbocycles. The predicted octanol–water partition coefficient (Wildman–Crippen LogP) is 0.575. The maximum absolute atomic E-state index is 11.0. The number of aromatic nitrogens is 1. The van der Waals surface area contributed by atoms with E-state index in [4.69, 9.17) is 22.1 Å². The molecule has 1 aliphatic rings. The molecule has 3 N–H and O–H groups in total. The van der Waals surface area contributed by atoms with Crippen molar-refractivity contribution in [3.05, 3.63) is 23.0 Å². The molecule has 16 heavy (non-hydrogen) atoms. The van der Waals surface area contributed by atoms with Crippen molar-refractivity contribution in [1.82, 2.24) is 10.3 Å². The minimum Gasteiger partial charge on any atom is -0.490 e. The van der Waals surface area contributed by atoms with Crippen molar-refractivity contribution >= 4 is 17.5 Å². The van der Waals surface area contributed by atoms with Crippen molar-refractivity contribution in [3.8, 4) is 5.75 Å². The number of pyridine rings is 1. The van der Waals surface area contributed by atoms with E-state index in [1.807, 2.05) is 0 Å². The Labute approximate surface area is 97.9 Å². The van der Waals surface area contributed by atoms with Gasteiger partial charge in [0.25, 0.3) is 5.91 Å². The second-order valence-corrected chi connectivity index (χ2v) is 3.98. The first kappa shape index (κ1) is 11.2. The topological polar surface area (TPSA) is 77.2 Å². The fourth-order valence-corrected chi connectivity index (χ4v) is 1.56. The number of hydrogen-bond acceptors (Lipinski definition) is 4. The van der Waals surface area contributed by atoms with Gasteiger partial charge in [-0.05, 0) is 19.0 Å². The van der Waals surface area contributed by atoms with Crippen LogP contribution in [-0.4, -0.2) is 30.1 Å². The number of rotatable bonds is 4. The van der Waals surface area contributed by atoms with E-state index >= 15 is 0 Å². The average Bonchev–Trinajstić information content (AvgIpc) is 2.17. The number of nitrogens with zero attached hydrogens (tertiary/aromatic N) is 1. The summed E-state index contributed by atoms with van der Waals surface area (Å²) in [6, 6.07) is 1.89. The van der Waals surface area contributed by atoms with Crippen LogP contribution in [0.4, 0.5) is 0 Å². The highest BCUT2D eigenvalue weighted by molar-refractivity contribution is 6.32. The van der Waals surface area contributed by atoms with E-state index in [1.54, 1.807) is 0 Å². The Balaban J connectivity index is 2.03. The Kier molecular flexibility index (Phi) is 3.26. The minimum absolute atomic E-state index is 0.0987. The van der Waals surface area contributed by atoms with Gasteiger partial charge in [-0.2, -0.15) is 0 Å². The lowest BCUT2D eigenvalue weighted by Crippen LogP contribution is -2.46. The van der Waals surface area contributed by atoms with Gasteiger partial charge in [0, 0.05) is 6.04 Å². The molecule has 2 rings (SSSR count). The van der Waals surface area contributed by atoms with Crippen molar-refractivity contribution in [2.45, 2.75) is 12.5 Å². The smallest absolute Gasteiger partial charge is 0.251 e. The van der Waals surface area contributed by atoms with Crippen LogP contribution >= 0.6 is 11.6 Å². The first-order chi connectivity index (χ1) is 7.66. The lowest BCUT2D eigenvalue weighted by molar-refractivity contribution is 0.0999. The van der Waals surface area contributed by atoms with Gasteiger partial charge >= 0.3 is 0 Å². The molecule has 0 spiro atoms. The standard InChI is InChI=1S/C10H12ClN3O2/c11-9-8(10(12)15)3-7(4-14-9)16-5-6-1-2-13-6/h3-4,6,13H,1-2,5H2,(H2,12,15)/t6-/m0/s1. The third-order valence-electron chi connectivity index (χ3n) is 2.46. The Hall–Kier alpha value is -1.33. The Morgan fingerprint density at radius 2 is 2.50 bits per heavy atom. The van der Waals surface area contributed by atoms with E-state index in [-0.39, 0.29) is 10.7 Å². The maximum atomic E-state index is 11.0. The van der Waals surface area contributed by atoms with Crippen LogP contribution in [0.1, 0.15) is 16.8 Å². The molecule has 0 aromatic carbocycles. The number of halogens is 1. The van der Waals surface area contributed by atoms with Gasteiger partial charge in [-0.1, -0.05) is 11.6 Å². The van der Waals surface area contributed by atoms with E-state index in [2.05, 4.69) is 10.3 Å². The molecule has 1 amide bonds. The molecular weight excluding hydrogens is 230 g/mol. The Morgan fingerprint density at radius 1 is 1.75 bits per heavy atom. The highest BCUT2D eigenvalue weighted by Crippen LogP contribution is 2.19. The van der Waals surface area contributed by atoms with Crippen LogP contribution in [0.2, 0.25) is 5.15 Å². The van der Waals surface area contributed by atoms with Gasteiger partial charge in [0.15, 0.2) is 0 Å². The first-order valence-corrected chi connectivity index (χ1v) is 5.36. The van der Waals surface area contributed by atoms with Crippen LogP contribution in [0, 0.1) is 0 Å². The molecule has 1 aromatic heterocycles. The minimum atomic E-state index is -0.607. The van der Waals surface area contributed by atoms with Crippen molar-refractivity contribution in [3.63, 3.8) is 0 Å². The highest BCUT2D eigenvalue weighted by atomic mass is 35.5. The van der Waals surface area contributed by atoms with Crippen LogP contribution in [0.15, 0.2) is 12.3 Å². The van der Waals surface area contributed by atoms with Gasteiger partial charge in [-0.25, -0.2) is 4.98 Å². The van der Waals surface area contributed by atoms with Gasteiger partial charge in [0.2, 0.25) is 0 Å². The number of nitrogens with two attached hydrogens (primary N) is 1. The van der Waals surface area contributed by atoms with Crippen molar-refractivity contribution in [1.29, 1.82) is 0 Å². The van der Waals surface area contributed by atoms with Crippen LogP contribution in [0.5, 0.6) is 5.75 Å². The first-order valence-electron chi connectivity index (χ1n) is 4.98. The number of ether oxygens (including phenoxy) is 1. The summed E-state index contributed by atoms with van der Waals surface area (Å²) in [6.07, 6.45) is 2.58. The summed E-state index contributed by atoms with van der Waals surface area (Å²) in [7, 11) is 0. The zero-order valence-corrected chi connectivity index (χ0v) is 9.33. The molecule has 5 nitrogen and oxygen atoms in total. The molecule has 1 atom stereocenters. The van der Waals surface area contributed by atoms with Crippen molar-refractivity contribution in [2.75, 3.05) is 13.2 Å². The molecule has 2 heterocycles. The third-order valence-corrected chi connectivity index (χ3v) is 2.76. The van der Waals surface area contributed by atoms with Gasteiger partial charge in [0.1, 0.15) is 17.5 Å². The maximum Gasteiger partial charge on any atom is 0.251 e. The Morgan fingerprint density at radius 3 is 3.06 bits per heavy atom. The SMILES string of the molecule is NC(=O)c1cc(OC[C@@H]2CCN2)cnc1Cl. The zero-order chi connectivity index (χ0) is 11.5. The average molecular weight is 242 g/mol. The van der Waals surface area contributed by atoms with E-state index in [1.165, 1.54) is 12.3 Å². The molecule has 0 radical (unpaired) electrons. The molecule has 1 fully saturated rings. The molecule has 0 unspecified atom stereocenters. The number of nitrogens with one attached hydrogen (secondary N) is 1. The zero-order valence-electron chi connectivity index (χ0n) is 8.57. The summed E-state index contributed by atoms with van der Waals surface area (Å²) in [5, 5.41) is 3.30. The quantitative estimate of drug-likeness (QED) is 0.756. The van der Waals surface area contributed by atoms with Crippen LogP contribution in [0.3, 0.4) is 0 Å². The molecule has 1 aromatic rings. The van der Waals surface area contributed by atoms with E-state index < -0.39 is 5.91 Å². The number of hydrogen-bond donors (Lipinski definition) is 2. The lowest BCUT2D eigenvalue weighted by Gasteiger charge is -2.27. The van der Waals surface area contributed by atoms with Gasteiger partial charge in [0.05, 0.1) is 11.8 Å². The summed E-state index contributed by atoms with van der Waals surface area (Å²) >= 11 is 5.71. The summed E-state index contributed by atoms with van der Waals surface area (Å²) < 4.78 is 5.46. The van der Waals surface area contributed by atoms with Gasteiger partial charge in [-0.15, -0.1) is 0 Å². The lowest BCUT2D eigenvalue weighted by atomic mass is 10.1. The van der Waals surface area contributed by atoms with Gasteiger partial charge in [-0.3, -0.25) is 4.79 Å². The van der Waals surface area contributed by atoms with Crippen molar-refractivity contribution < 1.29 is 9.53 Å². The second kappa shape index (κ2) is 4.67. The summed E-state index contributed by atoms with van der Waals surface area (Å²) in [5.41, 5.74) is 5.33. The summed E-state index contributed by atoms with van der Waals surface area (Å²) in [6.45, 7) is 1.58. The molecular formula is C10H12ClN3O2. The molecule has 86 valence electrons. The molecule has 6 heteroatoms. The van der Waals surface area contributed by atoms with E-state index in [9.17, 15) is 4.79 Å². The largest absolute Gasteiger partial charge is 0.490 e. The van der Waals surface area contributed by atoms with E-state index in [0.29, 0.717) is 18.4 Å². The highest BCUT2D eigenvalue weighted by Gasteiger charge is 2.17. The van der Waals surface area contributed by atoms with Crippen LogP contribution < -0.4 is 15.8 Å². The molecule has 0 saturated carbocycles. The number of carbonyl (C=O) groups excluding carboxylic acids is 1. The molecule has 1 aliphatic heterocycles. The number of primary amides is 1. The van der Waals surface area contributed by atoms with Gasteiger partial charge < -0.3 is 15.8 Å². The number of amides is 1. The predicted molar refractivity (Wildman–Crippen MR) is 59.7 cm³/mol. The van der Waals surface area contributed by atoms with Crippen LogP contribution in [0.25, 0.3) is 0 Å². The fraction of sp³-hybridized carbons (Fsp3) is 0.400. The summed E-state index contributed by atoms with van der Waals surface area (Å²) in [5.74, 6) is -0.100. The van der Waals surface area contributed by atoms with Crippen molar-refractivity contribution in [2.24, 2.45) is 5.73 Å². The monoisotopic (exact) mass is 241 g/mol. The molecule has 1 saturated heterocycles.